The molecule has 39 heavy (non-hydrogen) atoms. The minimum Gasteiger partial charge on any atom is -0.494 e. The smallest absolute Gasteiger partial charge is 0.305 e. The number of esters is 1. The number of nitrogens with zero attached hydrogens (tertiary/aromatic N) is 1. The molecule has 2 heterocycles. The third-order valence-electron chi connectivity index (χ3n) is 7.27. The molecule has 0 aliphatic carbocycles. The van der Waals surface area contributed by atoms with Crippen molar-refractivity contribution in [3.8, 4) is 21.9 Å². The number of thiophene rings is 1. The predicted molar refractivity (Wildman–Crippen MR) is 159 cm³/mol. The number of ether oxygens (including phenoxy) is 3. The van der Waals surface area contributed by atoms with Crippen LogP contribution in [0.3, 0.4) is 0 Å². The number of hydrogen-bond acceptors (Lipinski definition) is 6. The van der Waals surface area contributed by atoms with Crippen molar-refractivity contribution in [2.75, 3.05) is 40.0 Å². The van der Waals surface area contributed by atoms with Crippen LogP contribution in [0.5, 0.6) is 11.5 Å². The van der Waals surface area contributed by atoms with E-state index >= 15 is 0 Å². The summed E-state index contributed by atoms with van der Waals surface area (Å²) < 4.78 is 17.9. The van der Waals surface area contributed by atoms with Crippen LogP contribution in [0, 0.1) is 0 Å². The molecule has 0 radical (unpaired) electrons. The lowest BCUT2D eigenvalue weighted by molar-refractivity contribution is -0.140. The van der Waals surface area contributed by atoms with E-state index in [1.807, 2.05) is 23.5 Å². The second kappa shape index (κ2) is 13.6. The highest BCUT2D eigenvalue weighted by atomic mass is 32.1. The van der Waals surface area contributed by atoms with Crippen molar-refractivity contribution in [1.82, 2.24) is 4.90 Å². The summed E-state index contributed by atoms with van der Waals surface area (Å²) in [7, 11) is 1.42. The predicted octanol–water partition coefficient (Wildman–Crippen LogP) is 7.36. The minimum atomic E-state index is -0.170. The van der Waals surface area contributed by atoms with Gasteiger partial charge in [-0.2, -0.15) is 0 Å². The normalized spacial score (nSPS) is 13.6. The second-order valence-electron chi connectivity index (χ2n) is 10.0. The van der Waals surface area contributed by atoms with Gasteiger partial charge in [-0.3, -0.25) is 9.69 Å². The first-order valence-corrected chi connectivity index (χ1v) is 14.8. The van der Waals surface area contributed by atoms with Crippen molar-refractivity contribution in [2.45, 2.75) is 38.5 Å². The molecular formula is C33H37NO4S. The van der Waals surface area contributed by atoms with Crippen LogP contribution < -0.4 is 9.47 Å². The number of hydrogen-bond donors (Lipinski definition) is 0. The number of unbranched alkanes of at least 4 members (excludes halogenated alkanes) is 1. The maximum Gasteiger partial charge on any atom is 0.305 e. The Kier molecular flexibility index (Phi) is 9.52. The highest BCUT2D eigenvalue weighted by molar-refractivity contribution is 7.22. The lowest BCUT2D eigenvalue weighted by atomic mass is 9.99. The number of rotatable bonds is 13. The summed E-state index contributed by atoms with van der Waals surface area (Å²) in [5.74, 6) is 1.62. The summed E-state index contributed by atoms with van der Waals surface area (Å²) in [5, 5.41) is 1.31. The van der Waals surface area contributed by atoms with E-state index in [1.165, 1.54) is 64.7 Å². The van der Waals surface area contributed by atoms with E-state index in [4.69, 9.17) is 9.47 Å². The number of carbonyl (C=O) groups is 1. The molecule has 0 amide bonds. The van der Waals surface area contributed by atoms with Crippen molar-refractivity contribution in [3.63, 3.8) is 0 Å². The average Bonchev–Trinajstić information content (AvgIpc) is 3.62. The van der Waals surface area contributed by atoms with Crippen LogP contribution in [0.4, 0.5) is 0 Å². The average molecular weight is 544 g/mol. The Morgan fingerprint density at radius 3 is 2.28 bits per heavy atom. The Morgan fingerprint density at radius 2 is 1.54 bits per heavy atom. The quantitative estimate of drug-likeness (QED) is 0.130. The van der Waals surface area contributed by atoms with Crippen LogP contribution >= 0.6 is 11.3 Å². The van der Waals surface area contributed by atoms with Gasteiger partial charge < -0.3 is 14.2 Å². The van der Waals surface area contributed by atoms with E-state index in [-0.39, 0.29) is 5.97 Å². The zero-order chi connectivity index (χ0) is 26.9. The first kappa shape index (κ1) is 27.2. The van der Waals surface area contributed by atoms with E-state index < -0.39 is 0 Å². The first-order valence-electron chi connectivity index (χ1n) is 13.9. The van der Waals surface area contributed by atoms with Crippen LogP contribution in [0.25, 0.3) is 20.5 Å². The van der Waals surface area contributed by atoms with Gasteiger partial charge in [0.1, 0.15) is 18.1 Å². The maximum absolute atomic E-state index is 11.2. The van der Waals surface area contributed by atoms with Gasteiger partial charge in [-0.15, -0.1) is 11.3 Å². The Bertz CT molecular complexity index is 1340. The van der Waals surface area contributed by atoms with Gasteiger partial charge in [0.2, 0.25) is 0 Å². The van der Waals surface area contributed by atoms with Crippen molar-refractivity contribution < 1.29 is 19.0 Å². The van der Waals surface area contributed by atoms with Gasteiger partial charge in [0.25, 0.3) is 0 Å². The summed E-state index contributed by atoms with van der Waals surface area (Å²) >= 11 is 1.85. The molecule has 1 fully saturated rings. The van der Waals surface area contributed by atoms with E-state index in [0.717, 1.165) is 43.9 Å². The number of methoxy groups -OCH3 is 1. The van der Waals surface area contributed by atoms with Crippen molar-refractivity contribution >= 4 is 27.4 Å². The topological polar surface area (TPSA) is 48.0 Å². The number of carbonyl (C=O) groups excluding carboxylic acids is 1. The molecule has 0 atom stereocenters. The summed E-state index contributed by atoms with van der Waals surface area (Å²) in [6, 6.07) is 25.6. The molecule has 6 heteroatoms. The lowest BCUT2D eigenvalue weighted by Crippen LogP contribution is -2.25. The fraction of sp³-hybridized carbons (Fsp3) is 0.364. The molecule has 1 aliphatic rings. The lowest BCUT2D eigenvalue weighted by Gasteiger charge is -2.15. The summed E-state index contributed by atoms with van der Waals surface area (Å²) in [6.45, 7) is 4.73. The van der Waals surface area contributed by atoms with Gasteiger partial charge >= 0.3 is 5.97 Å². The molecule has 5 nitrogen and oxygen atoms in total. The van der Waals surface area contributed by atoms with Crippen LogP contribution in [0.15, 0.2) is 72.8 Å². The van der Waals surface area contributed by atoms with Gasteiger partial charge in [-0.05, 0) is 110 Å². The number of benzene rings is 3. The standard InChI is InChI=1S/C33H37NO4S/c1-36-32(35)10-4-7-22-37-27-15-11-25(12-16-27)24-30-29-8-2-3-9-31(29)39-33(30)26-13-17-28(18-14-26)38-23-21-34-19-5-6-20-34/h2-3,8-9,11-18H,4-7,10,19-24H2,1H3. The fourth-order valence-electron chi connectivity index (χ4n) is 5.08. The molecule has 0 N–H and O–H groups in total. The molecule has 1 saturated heterocycles. The van der Waals surface area contributed by atoms with Gasteiger partial charge in [0, 0.05) is 22.5 Å². The minimum absolute atomic E-state index is 0.170. The Labute approximate surface area is 235 Å². The Hall–Kier alpha value is -3.35. The maximum atomic E-state index is 11.2. The van der Waals surface area contributed by atoms with Crippen molar-refractivity contribution in [1.29, 1.82) is 0 Å². The SMILES string of the molecule is COC(=O)CCCCOc1ccc(Cc2c(-c3ccc(OCCN4CCCC4)cc3)sc3ccccc23)cc1. The molecule has 3 aromatic carbocycles. The molecular weight excluding hydrogens is 506 g/mol. The Morgan fingerprint density at radius 1 is 0.846 bits per heavy atom. The fourth-order valence-corrected chi connectivity index (χ4v) is 6.31. The molecule has 0 unspecified atom stereocenters. The van der Waals surface area contributed by atoms with E-state index in [1.54, 1.807) is 0 Å². The molecule has 1 aliphatic heterocycles. The largest absolute Gasteiger partial charge is 0.494 e. The second-order valence-corrected chi connectivity index (χ2v) is 11.1. The molecule has 204 valence electrons. The zero-order valence-electron chi connectivity index (χ0n) is 22.7. The monoisotopic (exact) mass is 543 g/mol. The summed E-state index contributed by atoms with van der Waals surface area (Å²) in [4.78, 5) is 15.0. The zero-order valence-corrected chi connectivity index (χ0v) is 23.5. The van der Waals surface area contributed by atoms with Gasteiger partial charge in [0.05, 0.1) is 13.7 Å². The number of likely N-dealkylation sites (tertiary alicyclic amines) is 1. The summed E-state index contributed by atoms with van der Waals surface area (Å²) in [5.41, 5.74) is 3.83. The highest BCUT2D eigenvalue weighted by Crippen LogP contribution is 2.40. The van der Waals surface area contributed by atoms with E-state index in [9.17, 15) is 4.79 Å². The number of fused-ring (bicyclic) bond motifs is 1. The molecule has 0 bridgehead atoms. The van der Waals surface area contributed by atoms with Crippen molar-refractivity contribution in [3.05, 3.63) is 83.9 Å². The highest BCUT2D eigenvalue weighted by Gasteiger charge is 2.15. The van der Waals surface area contributed by atoms with E-state index in [2.05, 4.69) is 70.3 Å². The van der Waals surface area contributed by atoms with Crippen LogP contribution in [0.2, 0.25) is 0 Å². The Balaban J connectivity index is 1.23. The van der Waals surface area contributed by atoms with Gasteiger partial charge in [-0.1, -0.05) is 30.3 Å². The third kappa shape index (κ3) is 7.40. The molecule has 0 saturated carbocycles. The van der Waals surface area contributed by atoms with Gasteiger partial charge in [0.15, 0.2) is 0 Å². The first-order chi connectivity index (χ1) is 19.2. The van der Waals surface area contributed by atoms with Crippen LogP contribution in [-0.2, 0) is 16.0 Å². The van der Waals surface area contributed by atoms with E-state index in [0.29, 0.717) is 13.0 Å². The van der Waals surface area contributed by atoms with Gasteiger partial charge in [-0.25, -0.2) is 0 Å². The summed E-state index contributed by atoms with van der Waals surface area (Å²) in [6.07, 6.45) is 5.50. The molecule has 1 aromatic heterocycles. The molecule has 4 aromatic rings. The molecule has 0 spiro atoms. The van der Waals surface area contributed by atoms with Crippen LogP contribution in [0.1, 0.15) is 43.2 Å². The molecule has 5 rings (SSSR count). The van der Waals surface area contributed by atoms with Crippen LogP contribution in [-0.4, -0.2) is 50.8 Å². The third-order valence-corrected chi connectivity index (χ3v) is 8.53. The van der Waals surface area contributed by atoms with Crippen molar-refractivity contribution in [2.24, 2.45) is 0 Å².